The number of likely N-dealkylation sites (tertiary alicyclic amines) is 1. The summed E-state index contributed by atoms with van der Waals surface area (Å²) in [5.41, 5.74) is 4.41. The van der Waals surface area contributed by atoms with Gasteiger partial charge < -0.3 is 5.32 Å². The molecule has 138 valence electrons. The van der Waals surface area contributed by atoms with Gasteiger partial charge in [0.05, 0.1) is 6.04 Å². The van der Waals surface area contributed by atoms with Gasteiger partial charge in [0.15, 0.2) is 0 Å². The van der Waals surface area contributed by atoms with E-state index in [-0.39, 0.29) is 11.9 Å². The van der Waals surface area contributed by atoms with Gasteiger partial charge in [0.1, 0.15) is 0 Å². The lowest BCUT2D eigenvalue weighted by Gasteiger charge is -2.31. The highest BCUT2D eigenvalue weighted by Gasteiger charge is 2.22. The molecule has 2 aromatic rings. The third kappa shape index (κ3) is 4.95. The zero-order valence-electron chi connectivity index (χ0n) is 16.0. The Bertz CT molecular complexity index is 715. The molecule has 0 aliphatic carbocycles. The topological polar surface area (TPSA) is 32.3 Å². The highest BCUT2D eigenvalue weighted by molar-refractivity contribution is 5.94. The number of amides is 1. The molecule has 26 heavy (non-hydrogen) atoms. The number of hydrogen-bond donors (Lipinski definition) is 1. The van der Waals surface area contributed by atoms with Crippen molar-refractivity contribution in [3.8, 4) is 0 Å². The van der Waals surface area contributed by atoms with Crippen LogP contribution in [0.15, 0.2) is 48.5 Å². The fourth-order valence-electron chi connectivity index (χ4n) is 3.73. The Morgan fingerprint density at radius 2 is 1.65 bits per heavy atom. The summed E-state index contributed by atoms with van der Waals surface area (Å²) in [6.07, 6.45) is 5.11. The largest absolute Gasteiger partial charge is 0.350 e. The van der Waals surface area contributed by atoms with Crippen molar-refractivity contribution < 1.29 is 4.79 Å². The van der Waals surface area contributed by atoms with E-state index in [1.807, 2.05) is 31.2 Å². The Hall–Kier alpha value is -2.13. The van der Waals surface area contributed by atoms with E-state index >= 15 is 0 Å². The summed E-state index contributed by atoms with van der Waals surface area (Å²) in [5.74, 6) is 0.0145. The van der Waals surface area contributed by atoms with E-state index < -0.39 is 0 Å². The van der Waals surface area contributed by atoms with Crippen LogP contribution in [-0.2, 0) is 0 Å². The summed E-state index contributed by atoms with van der Waals surface area (Å²) < 4.78 is 0. The minimum absolute atomic E-state index is 0.0145. The standard InChI is InChI=1S/C23H30N2O/c1-18-10-12-20(13-11-18)22(25-14-5-3-4-6-15-25)17-24-23(26)21-9-7-8-19(2)16-21/h7-13,16,22H,3-6,14-15,17H2,1-2H3,(H,24,26). The summed E-state index contributed by atoms with van der Waals surface area (Å²) in [7, 11) is 0. The van der Waals surface area contributed by atoms with Gasteiger partial charge >= 0.3 is 0 Å². The van der Waals surface area contributed by atoms with Crippen LogP contribution in [0, 0.1) is 13.8 Å². The van der Waals surface area contributed by atoms with Crippen LogP contribution in [0.2, 0.25) is 0 Å². The quantitative estimate of drug-likeness (QED) is 0.851. The second-order valence-corrected chi connectivity index (χ2v) is 7.46. The van der Waals surface area contributed by atoms with Gasteiger partial charge in [-0.25, -0.2) is 0 Å². The molecule has 3 rings (SSSR count). The van der Waals surface area contributed by atoms with Crippen LogP contribution in [0.3, 0.4) is 0 Å². The predicted molar refractivity (Wildman–Crippen MR) is 107 cm³/mol. The summed E-state index contributed by atoms with van der Waals surface area (Å²) in [6, 6.07) is 16.8. The van der Waals surface area contributed by atoms with Crippen molar-refractivity contribution in [3.05, 3.63) is 70.8 Å². The molecule has 1 aliphatic rings. The van der Waals surface area contributed by atoms with Gasteiger partial charge in [0, 0.05) is 12.1 Å². The molecule has 0 saturated carbocycles. The first-order chi connectivity index (χ1) is 12.6. The van der Waals surface area contributed by atoms with Crippen molar-refractivity contribution in [2.75, 3.05) is 19.6 Å². The van der Waals surface area contributed by atoms with E-state index in [0.717, 1.165) is 24.2 Å². The van der Waals surface area contributed by atoms with Crippen LogP contribution >= 0.6 is 0 Å². The molecule has 0 radical (unpaired) electrons. The number of benzene rings is 2. The second kappa shape index (κ2) is 9.00. The molecule has 2 aromatic carbocycles. The average molecular weight is 351 g/mol. The molecule has 1 atom stereocenters. The van der Waals surface area contributed by atoms with Gasteiger partial charge in [-0.1, -0.05) is 60.4 Å². The molecule has 1 N–H and O–H groups in total. The Morgan fingerprint density at radius 3 is 2.31 bits per heavy atom. The highest BCUT2D eigenvalue weighted by atomic mass is 16.1. The number of aryl methyl sites for hydroxylation is 2. The summed E-state index contributed by atoms with van der Waals surface area (Å²) in [6.45, 7) is 7.00. The predicted octanol–water partition coefficient (Wildman–Crippen LogP) is 4.65. The van der Waals surface area contributed by atoms with E-state index in [9.17, 15) is 4.79 Å². The Balaban J connectivity index is 1.74. The van der Waals surface area contributed by atoms with Crippen molar-refractivity contribution in [2.24, 2.45) is 0 Å². The van der Waals surface area contributed by atoms with Crippen molar-refractivity contribution in [3.63, 3.8) is 0 Å². The highest BCUT2D eigenvalue weighted by Crippen LogP contribution is 2.24. The first-order valence-corrected chi connectivity index (χ1v) is 9.79. The first-order valence-electron chi connectivity index (χ1n) is 9.79. The summed E-state index contributed by atoms with van der Waals surface area (Å²) in [5, 5.41) is 3.18. The maximum absolute atomic E-state index is 12.6. The van der Waals surface area contributed by atoms with Crippen molar-refractivity contribution >= 4 is 5.91 Å². The maximum atomic E-state index is 12.6. The molecule has 1 unspecified atom stereocenters. The average Bonchev–Trinajstić information content (AvgIpc) is 2.92. The van der Waals surface area contributed by atoms with E-state index in [0.29, 0.717) is 6.54 Å². The Morgan fingerprint density at radius 1 is 0.962 bits per heavy atom. The van der Waals surface area contributed by atoms with E-state index in [1.54, 1.807) is 0 Å². The summed E-state index contributed by atoms with van der Waals surface area (Å²) in [4.78, 5) is 15.2. The van der Waals surface area contributed by atoms with Gasteiger partial charge in [-0.3, -0.25) is 9.69 Å². The lowest BCUT2D eigenvalue weighted by molar-refractivity contribution is 0.0933. The monoisotopic (exact) mass is 350 g/mol. The lowest BCUT2D eigenvalue weighted by atomic mass is 10.0. The second-order valence-electron chi connectivity index (χ2n) is 7.46. The van der Waals surface area contributed by atoms with Gasteiger partial charge in [-0.05, 0) is 57.5 Å². The van der Waals surface area contributed by atoms with E-state index in [1.165, 1.54) is 36.8 Å². The normalized spacial score (nSPS) is 16.7. The molecule has 1 amide bonds. The third-order valence-electron chi connectivity index (χ3n) is 5.28. The maximum Gasteiger partial charge on any atom is 0.251 e. The zero-order chi connectivity index (χ0) is 18.4. The number of nitrogens with one attached hydrogen (secondary N) is 1. The number of hydrogen-bond acceptors (Lipinski definition) is 2. The molecule has 3 nitrogen and oxygen atoms in total. The van der Waals surface area contributed by atoms with Gasteiger partial charge in [-0.2, -0.15) is 0 Å². The third-order valence-corrected chi connectivity index (χ3v) is 5.28. The number of rotatable bonds is 5. The van der Waals surface area contributed by atoms with Crippen molar-refractivity contribution in [1.29, 1.82) is 0 Å². The molecule has 0 aromatic heterocycles. The van der Waals surface area contributed by atoms with Crippen LogP contribution < -0.4 is 5.32 Å². The van der Waals surface area contributed by atoms with Crippen LogP contribution in [0.5, 0.6) is 0 Å². The fourth-order valence-corrected chi connectivity index (χ4v) is 3.73. The number of carbonyl (C=O) groups excluding carboxylic acids is 1. The van der Waals surface area contributed by atoms with Gasteiger partial charge in [-0.15, -0.1) is 0 Å². The van der Waals surface area contributed by atoms with Crippen molar-refractivity contribution in [2.45, 2.75) is 45.6 Å². The number of carbonyl (C=O) groups is 1. The molecule has 1 aliphatic heterocycles. The molecular formula is C23H30N2O. The van der Waals surface area contributed by atoms with Crippen LogP contribution in [0.1, 0.15) is 58.8 Å². The van der Waals surface area contributed by atoms with E-state index in [2.05, 4.69) is 41.4 Å². The molecule has 1 saturated heterocycles. The molecule has 3 heteroatoms. The molecule has 1 fully saturated rings. The van der Waals surface area contributed by atoms with Crippen LogP contribution in [0.4, 0.5) is 0 Å². The summed E-state index contributed by atoms with van der Waals surface area (Å²) >= 11 is 0. The first kappa shape index (κ1) is 18.7. The van der Waals surface area contributed by atoms with Crippen LogP contribution in [0.25, 0.3) is 0 Å². The Kier molecular flexibility index (Phi) is 6.45. The van der Waals surface area contributed by atoms with Gasteiger partial charge in [0.25, 0.3) is 5.91 Å². The molecule has 1 heterocycles. The smallest absolute Gasteiger partial charge is 0.251 e. The molecule has 0 spiro atoms. The fraction of sp³-hybridized carbons (Fsp3) is 0.435. The SMILES string of the molecule is Cc1ccc(C(CNC(=O)c2cccc(C)c2)N2CCCCCC2)cc1. The van der Waals surface area contributed by atoms with Gasteiger partial charge in [0.2, 0.25) is 0 Å². The zero-order valence-corrected chi connectivity index (χ0v) is 16.0. The minimum Gasteiger partial charge on any atom is -0.350 e. The minimum atomic E-state index is 0.0145. The van der Waals surface area contributed by atoms with E-state index in [4.69, 9.17) is 0 Å². The van der Waals surface area contributed by atoms with Crippen LogP contribution in [-0.4, -0.2) is 30.4 Å². The molecule has 0 bridgehead atoms. The van der Waals surface area contributed by atoms with Crippen molar-refractivity contribution in [1.82, 2.24) is 10.2 Å². The lowest BCUT2D eigenvalue weighted by Crippen LogP contribution is -2.38. The number of nitrogens with zero attached hydrogens (tertiary/aromatic N) is 1. The molecular weight excluding hydrogens is 320 g/mol. The Labute approximate surface area is 157 Å².